The van der Waals surface area contributed by atoms with Gasteiger partial charge in [0.05, 0.1) is 5.69 Å². The van der Waals surface area contributed by atoms with E-state index in [2.05, 4.69) is 49.7 Å². The Kier molecular flexibility index (Phi) is 2.74. The van der Waals surface area contributed by atoms with Gasteiger partial charge in [0, 0.05) is 37.7 Å². The van der Waals surface area contributed by atoms with Crippen LogP contribution >= 0.6 is 27.3 Å². The number of hydrogen-bond donors (Lipinski definition) is 2. The highest BCUT2D eigenvalue weighted by Crippen LogP contribution is 2.34. The quantitative estimate of drug-likeness (QED) is 0.761. The van der Waals surface area contributed by atoms with Gasteiger partial charge in [-0.2, -0.15) is 5.10 Å². The minimum absolute atomic E-state index is 0.485. The Hall–Kier alpha value is -1.17. The van der Waals surface area contributed by atoms with Crippen LogP contribution in [0.2, 0.25) is 0 Å². The number of hydrogen-bond acceptors (Lipinski definition) is 3. The summed E-state index contributed by atoms with van der Waals surface area (Å²) in [4.78, 5) is 0. The highest BCUT2D eigenvalue weighted by Gasteiger charge is 2.09. The molecule has 2 aromatic heterocycles. The predicted molar refractivity (Wildman–Crippen MR) is 75.0 cm³/mol. The first-order valence-electron chi connectivity index (χ1n) is 5.19. The van der Waals surface area contributed by atoms with Crippen molar-refractivity contribution in [1.29, 1.82) is 0 Å². The Morgan fingerprint density at radius 3 is 3.00 bits per heavy atom. The van der Waals surface area contributed by atoms with Crippen molar-refractivity contribution >= 4 is 37.4 Å². The van der Waals surface area contributed by atoms with Crippen LogP contribution < -0.4 is 5.73 Å². The minimum Gasteiger partial charge on any atom is -0.325 e. The molecule has 0 atom stereocenters. The van der Waals surface area contributed by atoms with Crippen LogP contribution in [-0.4, -0.2) is 10.2 Å². The van der Waals surface area contributed by atoms with Crippen molar-refractivity contribution in [2.24, 2.45) is 5.73 Å². The van der Waals surface area contributed by atoms with Gasteiger partial charge < -0.3 is 5.73 Å². The number of aromatic nitrogens is 2. The van der Waals surface area contributed by atoms with Crippen molar-refractivity contribution in [3.05, 3.63) is 39.8 Å². The van der Waals surface area contributed by atoms with Crippen molar-refractivity contribution in [2.75, 3.05) is 0 Å². The van der Waals surface area contributed by atoms with Gasteiger partial charge >= 0.3 is 0 Å². The number of halogens is 1. The first-order valence-corrected chi connectivity index (χ1v) is 6.86. The molecule has 86 valence electrons. The fraction of sp³-hybridized carbons (Fsp3) is 0.0833. The molecule has 3 nitrogen and oxygen atoms in total. The molecule has 0 aliphatic rings. The molecule has 3 aromatic rings. The maximum Gasteiger partial charge on any atom is 0.0938 e. The minimum atomic E-state index is 0.485. The summed E-state index contributed by atoms with van der Waals surface area (Å²) in [6.07, 6.45) is 0. The average Bonchev–Trinajstić information content (AvgIpc) is 2.93. The molecule has 5 heteroatoms. The molecular formula is C12H10BrN3S. The molecule has 17 heavy (non-hydrogen) atoms. The highest BCUT2D eigenvalue weighted by atomic mass is 79.9. The number of rotatable bonds is 2. The van der Waals surface area contributed by atoms with Gasteiger partial charge in [-0.15, -0.1) is 11.3 Å². The summed E-state index contributed by atoms with van der Waals surface area (Å²) in [7, 11) is 0. The van der Waals surface area contributed by atoms with E-state index in [-0.39, 0.29) is 0 Å². The number of thiophene rings is 1. The first kappa shape index (κ1) is 11.0. The van der Waals surface area contributed by atoms with Crippen LogP contribution in [0.1, 0.15) is 5.69 Å². The lowest BCUT2D eigenvalue weighted by Crippen LogP contribution is -1.95. The van der Waals surface area contributed by atoms with E-state index < -0.39 is 0 Å². The SMILES string of the molecule is NCc1cc(-c2csc3ccc(Br)cc23)n[nH]1. The third kappa shape index (κ3) is 1.90. The van der Waals surface area contributed by atoms with E-state index in [4.69, 9.17) is 5.73 Å². The predicted octanol–water partition coefficient (Wildman–Crippen LogP) is 3.51. The van der Waals surface area contributed by atoms with Crippen LogP contribution in [0.15, 0.2) is 34.1 Å². The second-order valence-corrected chi connectivity index (χ2v) is 5.60. The lowest BCUT2D eigenvalue weighted by atomic mass is 10.1. The molecular weight excluding hydrogens is 298 g/mol. The number of nitrogens with zero attached hydrogens (tertiary/aromatic N) is 1. The van der Waals surface area contributed by atoms with Gasteiger partial charge in [0.15, 0.2) is 0 Å². The fourth-order valence-electron chi connectivity index (χ4n) is 1.80. The first-order chi connectivity index (χ1) is 8.28. The van der Waals surface area contributed by atoms with E-state index in [0.29, 0.717) is 6.54 Å². The van der Waals surface area contributed by atoms with E-state index in [0.717, 1.165) is 21.4 Å². The third-order valence-corrected chi connectivity index (χ3v) is 4.12. The summed E-state index contributed by atoms with van der Waals surface area (Å²) in [6.45, 7) is 0.485. The van der Waals surface area contributed by atoms with Gasteiger partial charge in [-0.1, -0.05) is 15.9 Å². The standard InChI is InChI=1S/C12H10BrN3S/c13-7-1-2-12-9(3-7)10(6-17-12)11-4-8(5-14)15-16-11/h1-4,6H,5,14H2,(H,15,16). The van der Waals surface area contributed by atoms with Gasteiger partial charge in [-0.25, -0.2) is 0 Å². The van der Waals surface area contributed by atoms with Gasteiger partial charge in [-0.3, -0.25) is 5.10 Å². The summed E-state index contributed by atoms with van der Waals surface area (Å²) in [6, 6.07) is 8.29. The zero-order chi connectivity index (χ0) is 11.8. The van der Waals surface area contributed by atoms with Crippen LogP contribution in [0.25, 0.3) is 21.3 Å². The van der Waals surface area contributed by atoms with E-state index in [1.165, 1.54) is 10.1 Å². The molecule has 0 fully saturated rings. The Bertz CT molecular complexity index is 671. The molecule has 0 aliphatic heterocycles. The summed E-state index contributed by atoms with van der Waals surface area (Å²) in [5, 5.41) is 10.6. The third-order valence-electron chi connectivity index (χ3n) is 2.66. The fourth-order valence-corrected chi connectivity index (χ4v) is 3.10. The molecule has 0 saturated carbocycles. The summed E-state index contributed by atoms with van der Waals surface area (Å²) in [5.74, 6) is 0. The van der Waals surface area contributed by atoms with Crippen LogP contribution in [0.3, 0.4) is 0 Å². The van der Waals surface area contributed by atoms with Crippen LogP contribution in [0.4, 0.5) is 0 Å². The molecule has 0 aliphatic carbocycles. The number of H-pyrrole nitrogens is 1. The van der Waals surface area contributed by atoms with Crippen LogP contribution in [0, 0.1) is 0 Å². The number of benzene rings is 1. The molecule has 0 radical (unpaired) electrons. The van der Waals surface area contributed by atoms with E-state index in [1.807, 2.05) is 6.07 Å². The number of fused-ring (bicyclic) bond motifs is 1. The van der Waals surface area contributed by atoms with Crippen molar-refractivity contribution in [3.63, 3.8) is 0 Å². The molecule has 0 unspecified atom stereocenters. The van der Waals surface area contributed by atoms with E-state index >= 15 is 0 Å². The molecule has 0 amide bonds. The molecule has 2 heterocycles. The Morgan fingerprint density at radius 1 is 1.35 bits per heavy atom. The smallest absolute Gasteiger partial charge is 0.0938 e. The number of aromatic amines is 1. The molecule has 3 N–H and O–H groups in total. The highest BCUT2D eigenvalue weighted by molar-refractivity contribution is 9.10. The maximum atomic E-state index is 5.58. The lowest BCUT2D eigenvalue weighted by molar-refractivity contribution is 0.949. The summed E-state index contributed by atoms with van der Waals surface area (Å²) >= 11 is 5.23. The van der Waals surface area contributed by atoms with Crippen molar-refractivity contribution in [1.82, 2.24) is 10.2 Å². The van der Waals surface area contributed by atoms with Crippen LogP contribution in [-0.2, 0) is 6.54 Å². The number of nitrogens with one attached hydrogen (secondary N) is 1. The second-order valence-electron chi connectivity index (χ2n) is 3.77. The largest absolute Gasteiger partial charge is 0.325 e. The molecule has 0 bridgehead atoms. The van der Waals surface area contributed by atoms with Gasteiger partial charge in [0.1, 0.15) is 0 Å². The van der Waals surface area contributed by atoms with Crippen molar-refractivity contribution in [3.8, 4) is 11.3 Å². The topological polar surface area (TPSA) is 54.7 Å². The summed E-state index contributed by atoms with van der Waals surface area (Å²) in [5.41, 5.74) is 8.64. The molecule has 3 rings (SSSR count). The lowest BCUT2D eigenvalue weighted by Gasteiger charge is -1.95. The number of nitrogens with two attached hydrogens (primary N) is 1. The average molecular weight is 308 g/mol. The zero-order valence-corrected chi connectivity index (χ0v) is 11.3. The molecule has 0 saturated heterocycles. The molecule has 0 spiro atoms. The Morgan fingerprint density at radius 2 is 2.24 bits per heavy atom. The van der Waals surface area contributed by atoms with E-state index in [1.54, 1.807) is 11.3 Å². The van der Waals surface area contributed by atoms with Crippen LogP contribution in [0.5, 0.6) is 0 Å². The maximum absolute atomic E-state index is 5.58. The second kappa shape index (κ2) is 4.25. The Balaban J connectivity index is 2.19. The Labute approximate surface area is 111 Å². The molecule has 1 aromatic carbocycles. The monoisotopic (exact) mass is 307 g/mol. The van der Waals surface area contributed by atoms with Gasteiger partial charge in [0.2, 0.25) is 0 Å². The normalized spacial score (nSPS) is 11.2. The van der Waals surface area contributed by atoms with E-state index in [9.17, 15) is 0 Å². The van der Waals surface area contributed by atoms with Crippen molar-refractivity contribution in [2.45, 2.75) is 6.54 Å². The zero-order valence-electron chi connectivity index (χ0n) is 8.90. The van der Waals surface area contributed by atoms with Gasteiger partial charge in [0.25, 0.3) is 0 Å². The summed E-state index contributed by atoms with van der Waals surface area (Å²) < 4.78 is 2.35. The van der Waals surface area contributed by atoms with Crippen molar-refractivity contribution < 1.29 is 0 Å². The van der Waals surface area contributed by atoms with Gasteiger partial charge in [-0.05, 0) is 24.3 Å².